The Hall–Kier alpha value is -3.18. The van der Waals surface area contributed by atoms with Crippen molar-refractivity contribution in [1.29, 1.82) is 0 Å². The summed E-state index contributed by atoms with van der Waals surface area (Å²) in [4.78, 5) is 13.4. The van der Waals surface area contributed by atoms with E-state index in [0.717, 1.165) is 32.2 Å². The first-order chi connectivity index (χ1) is 14.6. The third kappa shape index (κ3) is 3.25. The molecule has 1 aliphatic rings. The van der Waals surface area contributed by atoms with Crippen molar-refractivity contribution in [3.05, 3.63) is 106 Å². The van der Waals surface area contributed by atoms with Gasteiger partial charge in [0, 0.05) is 46.2 Å². The molecule has 0 aliphatic carbocycles. The summed E-state index contributed by atoms with van der Waals surface area (Å²) in [6.45, 7) is 0. The summed E-state index contributed by atoms with van der Waals surface area (Å²) >= 11 is 3.49. The minimum absolute atomic E-state index is 0.0827. The summed E-state index contributed by atoms with van der Waals surface area (Å²) in [5, 5.41) is 7.63. The van der Waals surface area contributed by atoms with E-state index in [9.17, 15) is 4.79 Å². The average molecular weight is 458 g/mol. The number of fused-ring (bicyclic) bond motifs is 1. The van der Waals surface area contributed by atoms with Gasteiger partial charge in [0.2, 0.25) is 0 Å². The Morgan fingerprint density at radius 3 is 2.43 bits per heavy atom. The number of carbonyl (C=O) groups excluding carboxylic acids is 1. The van der Waals surface area contributed by atoms with Crippen molar-refractivity contribution in [2.24, 2.45) is 12.1 Å². The maximum Gasteiger partial charge on any atom is 0.274 e. The van der Waals surface area contributed by atoms with Crippen molar-refractivity contribution in [3.63, 3.8) is 0 Å². The van der Waals surface area contributed by atoms with Crippen LogP contribution in [0.25, 0.3) is 10.9 Å². The molecule has 3 aromatic carbocycles. The van der Waals surface area contributed by atoms with E-state index in [1.165, 1.54) is 0 Å². The Labute approximate surface area is 183 Å². The van der Waals surface area contributed by atoms with Gasteiger partial charge in [0.25, 0.3) is 5.91 Å². The molecule has 2 heterocycles. The van der Waals surface area contributed by atoms with Crippen LogP contribution in [-0.2, 0) is 7.05 Å². The van der Waals surface area contributed by atoms with Gasteiger partial charge in [-0.15, -0.1) is 0 Å². The number of halogens is 1. The van der Waals surface area contributed by atoms with Crippen LogP contribution < -0.4 is 0 Å². The van der Waals surface area contributed by atoms with E-state index in [4.69, 9.17) is 5.10 Å². The van der Waals surface area contributed by atoms with Crippen LogP contribution in [-0.4, -0.2) is 21.2 Å². The molecule has 4 aromatic rings. The second-order valence-corrected chi connectivity index (χ2v) is 8.42. The fourth-order valence-electron chi connectivity index (χ4n) is 4.11. The Kier molecular flexibility index (Phi) is 4.75. The monoisotopic (exact) mass is 457 g/mol. The predicted octanol–water partition coefficient (Wildman–Crippen LogP) is 5.93. The van der Waals surface area contributed by atoms with Crippen LogP contribution >= 0.6 is 15.9 Å². The topological polar surface area (TPSA) is 37.6 Å². The quantitative estimate of drug-likeness (QED) is 0.375. The molecule has 148 valence electrons. The van der Waals surface area contributed by atoms with Crippen LogP contribution in [0, 0.1) is 0 Å². The lowest BCUT2D eigenvalue weighted by Crippen LogP contribution is -2.27. The van der Waals surface area contributed by atoms with Crippen molar-refractivity contribution in [3.8, 4) is 0 Å². The normalized spacial score (nSPS) is 16.1. The number of rotatable bonds is 3. The molecule has 0 radical (unpaired) electrons. The molecule has 30 heavy (non-hydrogen) atoms. The number of amides is 1. The van der Waals surface area contributed by atoms with Crippen LogP contribution in [0.4, 0.5) is 0 Å². The number of hydrogen-bond donors (Lipinski definition) is 0. The smallest absolute Gasteiger partial charge is 0.274 e. The second-order valence-electron chi connectivity index (χ2n) is 7.50. The molecule has 0 saturated carbocycles. The van der Waals surface area contributed by atoms with Gasteiger partial charge in [0.15, 0.2) is 0 Å². The molecule has 1 aromatic heterocycles. The Balaban J connectivity index is 1.61. The second kappa shape index (κ2) is 7.58. The van der Waals surface area contributed by atoms with Crippen LogP contribution in [0.2, 0.25) is 0 Å². The molecule has 0 N–H and O–H groups in total. The summed E-state index contributed by atoms with van der Waals surface area (Å²) in [7, 11) is 2.04. The SMILES string of the molecule is Cn1cc(C2CC(c3ccc(Br)cc3)=NN2C(=O)c2ccccc2)c2ccccc21. The fourth-order valence-corrected chi connectivity index (χ4v) is 4.37. The molecule has 0 spiro atoms. The minimum atomic E-state index is -0.151. The van der Waals surface area contributed by atoms with Gasteiger partial charge in [-0.05, 0) is 35.9 Å². The maximum atomic E-state index is 13.4. The largest absolute Gasteiger partial charge is 0.350 e. The number of aromatic nitrogens is 1. The zero-order valence-corrected chi connectivity index (χ0v) is 18.1. The van der Waals surface area contributed by atoms with E-state index in [1.54, 1.807) is 5.01 Å². The van der Waals surface area contributed by atoms with Gasteiger partial charge in [-0.3, -0.25) is 4.79 Å². The van der Waals surface area contributed by atoms with Crippen molar-refractivity contribution in [1.82, 2.24) is 9.58 Å². The molecule has 0 fully saturated rings. The third-order valence-corrected chi connectivity index (χ3v) is 6.13. The number of nitrogens with zero attached hydrogens (tertiary/aromatic N) is 3. The highest BCUT2D eigenvalue weighted by Crippen LogP contribution is 2.38. The number of carbonyl (C=O) groups is 1. The summed E-state index contributed by atoms with van der Waals surface area (Å²) in [5.41, 5.74) is 4.87. The van der Waals surface area contributed by atoms with Crippen molar-refractivity contribution >= 4 is 38.5 Å². The molecule has 0 saturated heterocycles. The van der Waals surface area contributed by atoms with Crippen LogP contribution in [0.5, 0.6) is 0 Å². The zero-order chi connectivity index (χ0) is 20.7. The number of para-hydroxylation sites is 1. The van der Waals surface area contributed by atoms with Crippen LogP contribution in [0.1, 0.15) is 33.9 Å². The maximum absolute atomic E-state index is 13.4. The number of benzene rings is 3. The molecular weight excluding hydrogens is 438 g/mol. The molecule has 1 aliphatic heterocycles. The van der Waals surface area contributed by atoms with Gasteiger partial charge in [-0.1, -0.05) is 64.5 Å². The Morgan fingerprint density at radius 1 is 0.967 bits per heavy atom. The van der Waals surface area contributed by atoms with E-state index in [1.807, 2.05) is 73.8 Å². The lowest BCUT2D eigenvalue weighted by molar-refractivity contribution is 0.0712. The zero-order valence-electron chi connectivity index (χ0n) is 16.5. The van der Waals surface area contributed by atoms with Crippen LogP contribution in [0.15, 0.2) is 94.6 Å². The highest BCUT2D eigenvalue weighted by atomic mass is 79.9. The van der Waals surface area contributed by atoms with Gasteiger partial charge in [0.1, 0.15) is 0 Å². The average Bonchev–Trinajstić information content (AvgIpc) is 3.36. The highest BCUT2D eigenvalue weighted by Gasteiger charge is 2.35. The van der Waals surface area contributed by atoms with Crippen molar-refractivity contribution < 1.29 is 4.79 Å². The van der Waals surface area contributed by atoms with E-state index in [-0.39, 0.29) is 11.9 Å². The first kappa shape index (κ1) is 18.8. The molecular formula is C25H20BrN3O. The summed E-state index contributed by atoms with van der Waals surface area (Å²) in [6, 6.07) is 25.6. The molecule has 5 rings (SSSR count). The molecule has 1 atom stereocenters. The molecule has 0 bridgehead atoms. The lowest BCUT2D eigenvalue weighted by Gasteiger charge is -2.21. The highest BCUT2D eigenvalue weighted by molar-refractivity contribution is 9.10. The van der Waals surface area contributed by atoms with E-state index < -0.39 is 0 Å². The van der Waals surface area contributed by atoms with Gasteiger partial charge >= 0.3 is 0 Å². The first-order valence-electron chi connectivity index (χ1n) is 9.88. The number of aryl methyl sites for hydroxylation is 1. The summed E-state index contributed by atoms with van der Waals surface area (Å²) < 4.78 is 3.14. The molecule has 1 unspecified atom stereocenters. The predicted molar refractivity (Wildman–Crippen MR) is 124 cm³/mol. The third-order valence-electron chi connectivity index (χ3n) is 5.60. The van der Waals surface area contributed by atoms with Gasteiger partial charge in [0.05, 0.1) is 11.8 Å². The van der Waals surface area contributed by atoms with E-state index in [2.05, 4.69) is 38.8 Å². The minimum Gasteiger partial charge on any atom is -0.350 e. The molecule has 4 nitrogen and oxygen atoms in total. The summed E-state index contributed by atoms with van der Waals surface area (Å²) in [6.07, 6.45) is 2.80. The standard InChI is InChI=1S/C25H20BrN3O/c1-28-16-21(20-9-5-6-10-23(20)28)24-15-22(17-11-13-19(26)14-12-17)27-29(24)25(30)18-7-3-2-4-8-18/h2-14,16,24H,15H2,1H3. The Bertz CT molecular complexity index is 1260. The van der Waals surface area contributed by atoms with Crippen molar-refractivity contribution in [2.75, 3.05) is 0 Å². The number of hydrazone groups is 1. The molecule has 5 heteroatoms. The van der Waals surface area contributed by atoms with Gasteiger partial charge < -0.3 is 4.57 Å². The van der Waals surface area contributed by atoms with E-state index in [0.29, 0.717) is 12.0 Å². The fraction of sp³-hybridized carbons (Fsp3) is 0.120. The molecule has 1 amide bonds. The van der Waals surface area contributed by atoms with Gasteiger partial charge in [-0.2, -0.15) is 5.10 Å². The van der Waals surface area contributed by atoms with Crippen molar-refractivity contribution in [2.45, 2.75) is 12.5 Å². The lowest BCUT2D eigenvalue weighted by atomic mass is 9.97. The van der Waals surface area contributed by atoms with Crippen LogP contribution in [0.3, 0.4) is 0 Å². The number of hydrogen-bond acceptors (Lipinski definition) is 2. The summed E-state index contributed by atoms with van der Waals surface area (Å²) in [5.74, 6) is -0.0827. The Morgan fingerprint density at radius 2 is 1.67 bits per heavy atom. The van der Waals surface area contributed by atoms with Gasteiger partial charge in [-0.25, -0.2) is 5.01 Å². The van der Waals surface area contributed by atoms with E-state index >= 15 is 0 Å². The first-order valence-corrected chi connectivity index (χ1v) is 10.7.